The number of carbonyl (C=O) groups is 1. The molecule has 0 aromatic rings. The molecule has 0 radical (unpaired) electrons. The van der Waals surface area contributed by atoms with Crippen LogP contribution in [-0.4, -0.2) is 140 Å². The summed E-state index contributed by atoms with van der Waals surface area (Å²) in [5.41, 5.74) is 0. The van der Waals surface area contributed by atoms with Crippen LogP contribution < -0.4 is 5.32 Å². The maximum absolute atomic E-state index is 13.3. The number of allylic oxidation sites excluding steroid dienone is 10. The molecule has 2 saturated heterocycles. The molecule has 0 aromatic heterocycles. The second-order valence-electron chi connectivity index (χ2n) is 22.9. The third kappa shape index (κ3) is 35.7. The molecule has 2 rings (SSSR count). The van der Waals surface area contributed by atoms with E-state index in [0.717, 1.165) is 83.5 Å². The average Bonchev–Trinajstić information content (AvgIpc) is 3.46. The molecule has 14 nitrogen and oxygen atoms in total. The highest BCUT2D eigenvalue weighted by Gasteiger charge is 2.51. The molecule has 2 aliphatic rings. The second-order valence-corrected chi connectivity index (χ2v) is 22.9. The van der Waals surface area contributed by atoms with E-state index in [1.165, 1.54) is 148 Å². The fourth-order valence-electron chi connectivity index (χ4n) is 10.6. The Hall–Kier alpha value is -2.31. The van der Waals surface area contributed by atoms with Gasteiger partial charge in [0.25, 0.3) is 0 Å². The van der Waals surface area contributed by atoms with Crippen molar-refractivity contribution in [2.45, 2.75) is 331 Å². The number of hydrogen-bond acceptors (Lipinski definition) is 13. The van der Waals surface area contributed by atoms with E-state index < -0.39 is 86.8 Å². The molecule has 0 spiro atoms. The molecule has 1 amide bonds. The average molecular weight is 1130 g/mol. The first kappa shape index (κ1) is 73.8. The van der Waals surface area contributed by atoms with Gasteiger partial charge in [-0.25, -0.2) is 0 Å². The van der Waals surface area contributed by atoms with Crippen LogP contribution in [-0.2, 0) is 23.7 Å². The molecule has 466 valence electrons. The zero-order chi connectivity index (χ0) is 58.1. The molecule has 9 N–H and O–H groups in total. The van der Waals surface area contributed by atoms with Crippen molar-refractivity contribution in [2.24, 2.45) is 0 Å². The Morgan fingerprint density at radius 3 is 1.32 bits per heavy atom. The van der Waals surface area contributed by atoms with E-state index in [1.54, 1.807) is 0 Å². The zero-order valence-corrected chi connectivity index (χ0v) is 50.3. The summed E-state index contributed by atoms with van der Waals surface area (Å²) in [5, 5.41) is 87.4. The van der Waals surface area contributed by atoms with E-state index in [-0.39, 0.29) is 12.5 Å². The van der Waals surface area contributed by atoms with Crippen molar-refractivity contribution in [2.75, 3.05) is 19.8 Å². The highest BCUT2D eigenvalue weighted by Crippen LogP contribution is 2.30. The van der Waals surface area contributed by atoms with E-state index >= 15 is 0 Å². The predicted molar refractivity (Wildman–Crippen MR) is 323 cm³/mol. The fourth-order valence-corrected chi connectivity index (χ4v) is 10.6. The number of aliphatic hydroxyl groups excluding tert-OH is 8. The summed E-state index contributed by atoms with van der Waals surface area (Å²) in [6, 6.07) is -0.832. The number of nitrogens with one attached hydrogen (secondary N) is 1. The van der Waals surface area contributed by atoms with Gasteiger partial charge in [-0.2, -0.15) is 0 Å². The van der Waals surface area contributed by atoms with Crippen molar-refractivity contribution in [3.63, 3.8) is 0 Å². The van der Waals surface area contributed by atoms with Gasteiger partial charge >= 0.3 is 0 Å². The number of carbonyl (C=O) groups excluding carboxylic acids is 1. The van der Waals surface area contributed by atoms with Gasteiger partial charge in [-0.1, -0.05) is 254 Å². The largest absolute Gasteiger partial charge is 0.394 e. The third-order valence-corrected chi connectivity index (χ3v) is 15.7. The molecule has 2 aliphatic heterocycles. The molecule has 80 heavy (non-hydrogen) atoms. The fraction of sp³-hybridized carbons (Fsp3) is 0.833. The minimum Gasteiger partial charge on any atom is -0.394 e. The van der Waals surface area contributed by atoms with Gasteiger partial charge < -0.3 is 65.1 Å². The van der Waals surface area contributed by atoms with Gasteiger partial charge in [0.2, 0.25) is 5.91 Å². The molecule has 12 atom stereocenters. The summed E-state index contributed by atoms with van der Waals surface area (Å²) in [4.78, 5) is 13.3. The first-order chi connectivity index (χ1) is 39.1. The van der Waals surface area contributed by atoms with Crippen molar-refractivity contribution in [3.8, 4) is 0 Å². The van der Waals surface area contributed by atoms with Crippen molar-refractivity contribution in [3.05, 3.63) is 60.8 Å². The number of unbranched alkanes of at least 4 members (excludes halogenated alkanes) is 29. The minimum absolute atomic E-state index is 0.208. The van der Waals surface area contributed by atoms with Crippen LogP contribution in [0.5, 0.6) is 0 Å². The zero-order valence-electron chi connectivity index (χ0n) is 50.3. The number of hydrogen-bond donors (Lipinski definition) is 9. The molecule has 0 aromatic carbocycles. The molecular formula is C66H119NO13. The number of amides is 1. The molecule has 14 heteroatoms. The van der Waals surface area contributed by atoms with Gasteiger partial charge in [-0.3, -0.25) is 4.79 Å². The molecule has 2 heterocycles. The van der Waals surface area contributed by atoms with Gasteiger partial charge in [0.05, 0.1) is 32.0 Å². The van der Waals surface area contributed by atoms with Crippen molar-refractivity contribution in [1.29, 1.82) is 0 Å². The molecule has 0 aliphatic carbocycles. The molecule has 0 saturated carbocycles. The highest BCUT2D eigenvalue weighted by atomic mass is 16.7. The lowest BCUT2D eigenvalue weighted by molar-refractivity contribution is -0.359. The summed E-state index contributed by atoms with van der Waals surface area (Å²) in [6.45, 7) is 2.77. The van der Waals surface area contributed by atoms with Gasteiger partial charge in [-0.05, 0) is 57.8 Å². The number of ether oxygens (including phenoxy) is 4. The van der Waals surface area contributed by atoms with E-state index in [4.69, 9.17) is 18.9 Å². The SMILES string of the molecule is CC/C=C\C/C=C\C/C=C\C/C=C\C/C=C\CCCCCCCCCCCCCCCC(=O)NC(COC1OC(CO)C(OC2OC(CO)C(O)C(O)C2O)C(O)C1O)C(O)CCCCCCCCCCCCCCCCCCC. The number of aliphatic hydroxyl groups is 8. The van der Waals surface area contributed by atoms with Gasteiger partial charge in [0.1, 0.15) is 48.8 Å². The Morgan fingerprint density at radius 1 is 0.463 bits per heavy atom. The van der Waals surface area contributed by atoms with Crippen LogP contribution in [0.4, 0.5) is 0 Å². The lowest BCUT2D eigenvalue weighted by Gasteiger charge is -2.46. The second kappa shape index (κ2) is 51.1. The summed E-state index contributed by atoms with van der Waals surface area (Å²) < 4.78 is 22.9. The molecular weight excluding hydrogens is 1010 g/mol. The van der Waals surface area contributed by atoms with Crippen LogP contribution in [0.3, 0.4) is 0 Å². The van der Waals surface area contributed by atoms with Crippen LogP contribution in [0.25, 0.3) is 0 Å². The van der Waals surface area contributed by atoms with Crippen LogP contribution in [0.1, 0.15) is 258 Å². The lowest BCUT2D eigenvalue weighted by atomic mass is 9.97. The standard InChI is InChI=1S/C66H119NO13/c1-3-5-7-9-11-13-15-17-19-21-22-23-24-25-26-27-28-29-30-31-32-34-36-38-40-42-44-46-48-50-58(71)67-54(55(70)49-47-45-43-41-39-37-35-33-20-18-16-14-12-10-8-6-4-2)53-77-65-63(76)61(74)64(57(52-69)79-65)80-66-62(75)60(73)59(72)56(51-68)78-66/h5,7,11,13,17,19,22-23,25-26,54-57,59-66,68-70,72-76H,3-4,6,8-10,12,14-16,18,20-21,24,27-53H2,1-2H3,(H,67,71)/b7-5-,13-11-,19-17-,23-22-,26-25-. The quantitative estimate of drug-likeness (QED) is 0.0204. The monoisotopic (exact) mass is 1130 g/mol. The van der Waals surface area contributed by atoms with Crippen LogP contribution in [0, 0.1) is 0 Å². The van der Waals surface area contributed by atoms with E-state index in [9.17, 15) is 45.6 Å². The van der Waals surface area contributed by atoms with Crippen LogP contribution in [0.2, 0.25) is 0 Å². The van der Waals surface area contributed by atoms with Crippen molar-refractivity contribution < 1.29 is 64.6 Å². The Balaban J connectivity index is 1.68. The van der Waals surface area contributed by atoms with Crippen molar-refractivity contribution >= 4 is 5.91 Å². The highest BCUT2D eigenvalue weighted by molar-refractivity contribution is 5.76. The van der Waals surface area contributed by atoms with Crippen molar-refractivity contribution in [1.82, 2.24) is 5.32 Å². The summed E-state index contributed by atoms with van der Waals surface area (Å²) in [5.74, 6) is -0.208. The van der Waals surface area contributed by atoms with E-state index in [2.05, 4.69) is 79.9 Å². The maximum Gasteiger partial charge on any atom is 0.220 e. The summed E-state index contributed by atoms with van der Waals surface area (Å²) in [7, 11) is 0. The minimum atomic E-state index is -1.78. The van der Waals surface area contributed by atoms with E-state index in [1.807, 2.05) is 0 Å². The van der Waals surface area contributed by atoms with Gasteiger partial charge in [0, 0.05) is 6.42 Å². The molecule has 0 bridgehead atoms. The van der Waals surface area contributed by atoms with Crippen LogP contribution in [0.15, 0.2) is 60.8 Å². The third-order valence-electron chi connectivity index (χ3n) is 15.7. The van der Waals surface area contributed by atoms with Gasteiger partial charge in [-0.15, -0.1) is 0 Å². The number of rotatable bonds is 52. The maximum atomic E-state index is 13.3. The summed E-state index contributed by atoms with van der Waals surface area (Å²) >= 11 is 0. The van der Waals surface area contributed by atoms with E-state index in [0.29, 0.717) is 12.8 Å². The Labute approximate surface area is 486 Å². The van der Waals surface area contributed by atoms with Crippen LogP contribution >= 0.6 is 0 Å². The topological polar surface area (TPSA) is 228 Å². The Morgan fingerprint density at radius 2 is 0.863 bits per heavy atom. The summed E-state index contributed by atoms with van der Waals surface area (Å²) in [6.07, 6.45) is 49.3. The first-order valence-electron chi connectivity index (χ1n) is 32.5. The Bertz CT molecular complexity index is 1570. The molecule has 12 unspecified atom stereocenters. The lowest BCUT2D eigenvalue weighted by Crippen LogP contribution is -2.65. The van der Waals surface area contributed by atoms with Gasteiger partial charge in [0.15, 0.2) is 12.6 Å². The Kier molecular flexibility index (Phi) is 47.2. The molecule has 2 fully saturated rings. The predicted octanol–water partition coefficient (Wildman–Crippen LogP) is 12.1. The smallest absolute Gasteiger partial charge is 0.220 e. The normalized spacial score (nSPS) is 24.6. The first-order valence-corrected chi connectivity index (χ1v) is 32.5.